The van der Waals surface area contributed by atoms with Crippen molar-refractivity contribution in [2.24, 2.45) is 0 Å². The molecule has 0 unspecified atom stereocenters. The Balaban J connectivity index is 1.45. The molecule has 194 valence electrons. The second-order valence-electron chi connectivity index (χ2n) is 8.95. The van der Waals surface area contributed by atoms with Crippen molar-refractivity contribution in [3.63, 3.8) is 0 Å². The third kappa shape index (κ3) is 4.92. The molecule has 2 fully saturated rings. The SMILES string of the molecule is [2H]C([2H])(O)C([2H])([2H])O[C@H]1C[C@@H](n2nnc3c(N[C@@H]4C[C@@]4([2H])c4ccc(C)c(F)c4)nc(SCCC)nc32)[C@H](O)[C@@H]1O. The normalized spacial score (nSPS) is 32.5. The first-order valence-electron chi connectivity index (χ1n) is 14.2. The third-order valence-corrected chi connectivity index (χ3v) is 7.50. The average molecular weight is 524 g/mol. The molecule has 6 atom stereocenters. The maximum Gasteiger partial charge on any atom is 0.191 e. The van der Waals surface area contributed by atoms with Gasteiger partial charge in [0.05, 0.1) is 30.7 Å². The number of hydrogen-bond donors (Lipinski definition) is 4. The van der Waals surface area contributed by atoms with Crippen molar-refractivity contribution in [2.75, 3.05) is 24.2 Å². The molecule has 36 heavy (non-hydrogen) atoms. The number of thioether (sulfide) groups is 1. The molecule has 3 aromatic rings. The number of nitrogens with one attached hydrogen (secondary N) is 1. The number of aliphatic hydroxyl groups is 3. The molecule has 2 saturated carbocycles. The molecule has 2 heterocycles. The summed E-state index contributed by atoms with van der Waals surface area (Å²) >= 11 is 1.38. The molecule has 1 aromatic carbocycles. The van der Waals surface area contributed by atoms with Crippen LogP contribution < -0.4 is 5.32 Å². The highest BCUT2D eigenvalue weighted by molar-refractivity contribution is 7.99. The summed E-state index contributed by atoms with van der Waals surface area (Å²) in [5, 5.41) is 42.8. The van der Waals surface area contributed by atoms with E-state index in [2.05, 4.69) is 25.6 Å². The van der Waals surface area contributed by atoms with E-state index in [0.717, 1.165) is 6.42 Å². The summed E-state index contributed by atoms with van der Waals surface area (Å²) < 4.78 is 59.4. The van der Waals surface area contributed by atoms with E-state index in [0.29, 0.717) is 34.3 Å². The van der Waals surface area contributed by atoms with Crippen molar-refractivity contribution in [1.29, 1.82) is 0 Å². The number of fused-ring (bicyclic) bond motifs is 1. The quantitative estimate of drug-likeness (QED) is 0.231. The zero-order valence-corrected chi connectivity index (χ0v) is 20.5. The number of nitrogens with zero attached hydrogens (tertiary/aromatic N) is 5. The molecule has 0 bridgehead atoms. The van der Waals surface area contributed by atoms with Crippen LogP contribution in [0.4, 0.5) is 10.2 Å². The number of halogens is 1. The molecule has 2 aliphatic rings. The van der Waals surface area contributed by atoms with Gasteiger partial charge in [0, 0.05) is 25.5 Å². The Morgan fingerprint density at radius 1 is 1.31 bits per heavy atom. The van der Waals surface area contributed by atoms with E-state index >= 15 is 0 Å². The number of aromatic nitrogens is 5. The molecule has 0 amide bonds. The smallest absolute Gasteiger partial charge is 0.191 e. The minimum absolute atomic E-state index is 0.183. The van der Waals surface area contributed by atoms with Gasteiger partial charge >= 0.3 is 0 Å². The first-order chi connectivity index (χ1) is 19.2. The van der Waals surface area contributed by atoms with E-state index in [-0.39, 0.29) is 23.4 Å². The second kappa shape index (κ2) is 10.5. The Kier molecular flexibility index (Phi) is 5.77. The summed E-state index contributed by atoms with van der Waals surface area (Å²) in [5.74, 6) is -0.448. The van der Waals surface area contributed by atoms with Crippen LogP contribution in [0, 0.1) is 12.7 Å². The summed E-state index contributed by atoms with van der Waals surface area (Å²) in [6.07, 6.45) is -3.42. The molecular weight excluding hydrogens is 487 g/mol. The molecule has 10 nitrogen and oxygen atoms in total. The Morgan fingerprint density at radius 2 is 2.14 bits per heavy atom. The number of aryl methyl sites for hydroxylation is 1. The molecule has 0 aliphatic heterocycles. The molecule has 0 spiro atoms. The fraction of sp³-hybridized carbons (Fsp3) is 0.583. The van der Waals surface area contributed by atoms with E-state index in [9.17, 15) is 19.7 Å². The van der Waals surface area contributed by atoms with Crippen molar-refractivity contribution < 1.29 is 31.3 Å². The van der Waals surface area contributed by atoms with Gasteiger partial charge in [-0.25, -0.2) is 19.0 Å². The van der Waals surface area contributed by atoms with Gasteiger partial charge in [-0.1, -0.05) is 36.0 Å². The van der Waals surface area contributed by atoms with Gasteiger partial charge in [-0.05, 0) is 37.0 Å². The largest absolute Gasteiger partial charge is 0.394 e. The average Bonchev–Trinajstić information content (AvgIpc) is 3.22. The lowest BCUT2D eigenvalue weighted by Crippen LogP contribution is -2.33. The van der Waals surface area contributed by atoms with E-state index in [1.807, 2.05) is 6.92 Å². The molecular formula is C24H31FN6O4S. The monoisotopic (exact) mass is 523 g/mol. The summed E-state index contributed by atoms with van der Waals surface area (Å²) in [5.41, 5.74) is 1.49. The zero-order valence-electron chi connectivity index (χ0n) is 24.7. The lowest BCUT2D eigenvalue weighted by atomic mass is 10.1. The maximum atomic E-state index is 14.2. The molecule has 0 saturated heterocycles. The molecule has 2 aliphatic carbocycles. The standard InChI is InChI=1S/C24H31FN6O4S/c1-3-8-36-24-27-22(26-16-10-14(16)13-5-4-12(2)15(25)9-13)19-23(28-24)31(30-29-19)17-11-18(35-7-6-32)21(34)20(17)33/h4-5,9,14,16-18,20-21,32-34H,3,6-8,10-11H2,1-2H3,(H,26,27,28)/t14-,16+,17+,18-,20-,21+/m0/s1/i6D2,7D2,14D. The van der Waals surface area contributed by atoms with Gasteiger partial charge in [0.1, 0.15) is 18.0 Å². The Morgan fingerprint density at radius 3 is 2.89 bits per heavy atom. The summed E-state index contributed by atoms with van der Waals surface area (Å²) in [6, 6.07) is 3.37. The number of hydrogen-bond acceptors (Lipinski definition) is 10. The van der Waals surface area contributed by atoms with Crippen LogP contribution in [-0.2, 0) is 4.74 Å². The first-order valence-corrected chi connectivity index (χ1v) is 12.7. The predicted molar refractivity (Wildman–Crippen MR) is 133 cm³/mol. The Bertz CT molecular complexity index is 1450. The third-order valence-electron chi connectivity index (χ3n) is 6.45. The van der Waals surface area contributed by atoms with Gasteiger partial charge in [-0.3, -0.25) is 0 Å². The molecule has 4 N–H and O–H groups in total. The van der Waals surface area contributed by atoms with E-state index in [1.165, 1.54) is 22.5 Å². The molecule has 12 heteroatoms. The molecule has 5 rings (SSSR count). The minimum Gasteiger partial charge on any atom is -0.394 e. The minimum atomic E-state index is -3.35. The van der Waals surface area contributed by atoms with Gasteiger partial charge in [-0.2, -0.15) is 0 Å². The van der Waals surface area contributed by atoms with Crippen molar-refractivity contribution in [2.45, 2.75) is 74.6 Å². The lowest BCUT2D eigenvalue weighted by Gasteiger charge is -2.17. The van der Waals surface area contributed by atoms with Crippen LogP contribution in [-0.4, -0.2) is 83.5 Å². The lowest BCUT2D eigenvalue weighted by molar-refractivity contribution is -0.0629. The maximum absolute atomic E-state index is 14.2. The van der Waals surface area contributed by atoms with Gasteiger partial charge < -0.3 is 25.4 Å². The van der Waals surface area contributed by atoms with E-state index in [4.69, 9.17) is 11.6 Å². The highest BCUT2D eigenvalue weighted by Gasteiger charge is 2.45. The van der Waals surface area contributed by atoms with Crippen LogP contribution in [0.25, 0.3) is 11.2 Å². The van der Waals surface area contributed by atoms with E-state index in [1.54, 1.807) is 19.1 Å². The number of ether oxygens (including phenoxy) is 1. The number of rotatable bonds is 10. The summed E-state index contributed by atoms with van der Waals surface area (Å²) in [7, 11) is 0. The van der Waals surface area contributed by atoms with Crippen molar-refractivity contribution in [3.05, 3.63) is 35.1 Å². The van der Waals surface area contributed by atoms with Crippen LogP contribution >= 0.6 is 11.8 Å². The number of aliphatic hydroxyl groups excluding tert-OH is 2. The topological polar surface area (TPSA) is 138 Å². The zero-order chi connectivity index (χ0) is 29.9. The number of anilines is 1. The predicted octanol–water partition coefficient (Wildman–Crippen LogP) is 2.18. The Labute approximate surface area is 219 Å². The Hall–Kier alpha value is -2.38. The van der Waals surface area contributed by atoms with Crippen LogP contribution in [0.5, 0.6) is 0 Å². The summed E-state index contributed by atoms with van der Waals surface area (Å²) in [4.78, 5) is 9.15. The molecule has 0 radical (unpaired) electrons. The summed E-state index contributed by atoms with van der Waals surface area (Å²) in [6.45, 7) is -2.85. The van der Waals surface area contributed by atoms with Gasteiger partial charge in [0.25, 0.3) is 0 Å². The van der Waals surface area contributed by atoms with Crippen molar-refractivity contribution >= 4 is 28.7 Å². The van der Waals surface area contributed by atoms with Crippen LogP contribution in [0.3, 0.4) is 0 Å². The molecule has 2 aromatic heterocycles. The van der Waals surface area contributed by atoms with Crippen LogP contribution in [0.15, 0.2) is 23.4 Å². The fourth-order valence-electron chi connectivity index (χ4n) is 4.40. The van der Waals surface area contributed by atoms with Crippen LogP contribution in [0.1, 0.15) is 56.1 Å². The van der Waals surface area contributed by atoms with Gasteiger partial charge in [0.2, 0.25) is 0 Å². The second-order valence-corrected chi connectivity index (χ2v) is 10.0. The van der Waals surface area contributed by atoms with Gasteiger partial charge in [-0.15, -0.1) is 5.10 Å². The van der Waals surface area contributed by atoms with E-state index < -0.39 is 49.4 Å². The fourth-order valence-corrected chi connectivity index (χ4v) is 5.09. The number of benzene rings is 1. The van der Waals surface area contributed by atoms with Crippen LogP contribution in [0.2, 0.25) is 0 Å². The highest BCUT2D eigenvalue weighted by Crippen LogP contribution is 2.44. The highest BCUT2D eigenvalue weighted by atomic mass is 32.2. The van der Waals surface area contributed by atoms with Crippen molar-refractivity contribution in [3.8, 4) is 0 Å². The van der Waals surface area contributed by atoms with Gasteiger partial charge in [0.15, 0.2) is 22.1 Å². The first kappa shape index (κ1) is 19.7. The van der Waals surface area contributed by atoms with Crippen molar-refractivity contribution in [1.82, 2.24) is 25.0 Å².